The van der Waals surface area contributed by atoms with Crippen LogP contribution in [0.3, 0.4) is 0 Å². The number of nitrogens with one attached hydrogen (secondary N) is 2. The Labute approximate surface area is 180 Å². The van der Waals surface area contributed by atoms with Gasteiger partial charge in [0.25, 0.3) is 5.91 Å². The molecule has 2 aromatic rings. The first-order valence-electron chi connectivity index (χ1n) is 9.70. The van der Waals surface area contributed by atoms with E-state index in [0.29, 0.717) is 23.0 Å². The summed E-state index contributed by atoms with van der Waals surface area (Å²) in [6.07, 6.45) is 0. The van der Waals surface area contributed by atoms with Crippen molar-refractivity contribution in [2.24, 2.45) is 4.99 Å². The number of nitrogens with zero attached hydrogens (tertiary/aromatic N) is 1. The second kappa shape index (κ2) is 8.31. The summed E-state index contributed by atoms with van der Waals surface area (Å²) in [5, 5.41) is 6.83. The molecular formula is C21H23N3O4S2. The van der Waals surface area contributed by atoms with Crippen molar-refractivity contribution in [3.8, 4) is 5.75 Å². The molecule has 30 heavy (non-hydrogen) atoms. The first kappa shape index (κ1) is 20.7. The van der Waals surface area contributed by atoms with Crippen LogP contribution >= 0.6 is 11.8 Å². The van der Waals surface area contributed by atoms with Crippen molar-refractivity contribution in [2.45, 2.75) is 25.1 Å². The summed E-state index contributed by atoms with van der Waals surface area (Å²) in [4.78, 5) is 17.2. The Balaban J connectivity index is 1.45. The molecular weight excluding hydrogens is 422 g/mol. The maximum Gasteiger partial charge on any atom is 0.255 e. The van der Waals surface area contributed by atoms with Crippen molar-refractivity contribution in [1.82, 2.24) is 0 Å². The van der Waals surface area contributed by atoms with E-state index < -0.39 is 9.84 Å². The molecule has 9 heteroatoms. The van der Waals surface area contributed by atoms with Crippen molar-refractivity contribution in [1.29, 1.82) is 0 Å². The van der Waals surface area contributed by atoms with Gasteiger partial charge in [-0.1, -0.05) is 17.8 Å². The summed E-state index contributed by atoms with van der Waals surface area (Å²) in [6, 6.07) is 12.5. The van der Waals surface area contributed by atoms with Crippen LogP contribution in [0.4, 0.5) is 11.4 Å². The number of carbonyl (C=O) groups is 1. The highest BCUT2D eigenvalue weighted by Gasteiger charge is 2.42. The van der Waals surface area contributed by atoms with E-state index >= 15 is 0 Å². The zero-order valence-corrected chi connectivity index (χ0v) is 18.3. The fraction of sp³-hybridized carbons (Fsp3) is 0.333. The third-order valence-electron chi connectivity index (χ3n) is 4.98. The molecule has 2 unspecified atom stereocenters. The van der Waals surface area contributed by atoms with Crippen LogP contribution in [0.1, 0.15) is 22.8 Å². The molecule has 1 saturated heterocycles. The highest BCUT2D eigenvalue weighted by Crippen LogP contribution is 2.35. The van der Waals surface area contributed by atoms with Gasteiger partial charge in [-0.2, -0.15) is 0 Å². The molecule has 2 atom stereocenters. The number of thioether (sulfide) groups is 1. The minimum Gasteiger partial charge on any atom is -0.494 e. The van der Waals surface area contributed by atoms with Crippen molar-refractivity contribution in [2.75, 3.05) is 28.7 Å². The number of rotatable bonds is 5. The zero-order chi connectivity index (χ0) is 21.3. The van der Waals surface area contributed by atoms with Gasteiger partial charge in [-0.25, -0.2) is 8.42 Å². The number of hydrogen-bond acceptors (Lipinski definition) is 7. The lowest BCUT2D eigenvalue weighted by Gasteiger charge is -2.12. The molecule has 1 fully saturated rings. The van der Waals surface area contributed by atoms with Gasteiger partial charge in [-0.05, 0) is 55.8 Å². The van der Waals surface area contributed by atoms with Crippen molar-refractivity contribution in [3.05, 3.63) is 53.6 Å². The lowest BCUT2D eigenvalue weighted by Crippen LogP contribution is -2.14. The molecule has 2 aromatic carbocycles. The summed E-state index contributed by atoms with van der Waals surface area (Å²) in [7, 11) is -2.98. The number of amidine groups is 1. The number of fused-ring (bicyclic) bond motifs is 1. The smallest absolute Gasteiger partial charge is 0.255 e. The van der Waals surface area contributed by atoms with E-state index in [1.165, 1.54) is 11.8 Å². The maximum absolute atomic E-state index is 12.7. The summed E-state index contributed by atoms with van der Waals surface area (Å²) in [5.41, 5.74) is 2.95. The molecule has 2 aliphatic rings. The first-order valence-corrected chi connectivity index (χ1v) is 12.4. The molecule has 0 spiro atoms. The number of aliphatic imine (C=N–C) groups is 1. The molecule has 0 aromatic heterocycles. The van der Waals surface area contributed by atoms with Gasteiger partial charge in [0.2, 0.25) is 0 Å². The van der Waals surface area contributed by atoms with E-state index in [9.17, 15) is 13.2 Å². The maximum atomic E-state index is 12.7. The number of amides is 1. The molecule has 2 aliphatic heterocycles. The topological polar surface area (TPSA) is 96.9 Å². The van der Waals surface area contributed by atoms with Crippen LogP contribution in [0, 0.1) is 6.92 Å². The van der Waals surface area contributed by atoms with E-state index in [4.69, 9.17) is 4.74 Å². The Morgan fingerprint density at radius 3 is 2.67 bits per heavy atom. The molecule has 2 N–H and O–H groups in total. The van der Waals surface area contributed by atoms with Crippen LogP contribution in [0.5, 0.6) is 5.75 Å². The second-order valence-corrected chi connectivity index (χ2v) is 10.7. The number of sulfone groups is 1. The van der Waals surface area contributed by atoms with Crippen LogP contribution in [-0.4, -0.2) is 48.9 Å². The third kappa shape index (κ3) is 4.62. The number of aryl methyl sites for hydroxylation is 1. The molecule has 1 amide bonds. The monoisotopic (exact) mass is 445 g/mol. The van der Waals surface area contributed by atoms with E-state index in [1.54, 1.807) is 24.3 Å². The highest BCUT2D eigenvalue weighted by atomic mass is 32.2. The fourth-order valence-electron chi connectivity index (χ4n) is 3.43. The predicted molar refractivity (Wildman–Crippen MR) is 122 cm³/mol. The largest absolute Gasteiger partial charge is 0.494 e. The predicted octanol–water partition coefficient (Wildman–Crippen LogP) is 3.33. The third-order valence-corrected chi connectivity index (χ3v) is 8.12. The summed E-state index contributed by atoms with van der Waals surface area (Å²) in [5.74, 6) is 0.816. The van der Waals surface area contributed by atoms with Gasteiger partial charge in [-0.15, -0.1) is 0 Å². The number of anilines is 2. The SMILES string of the molecule is CCOc1ccc(NC(=O)c2ccc(C)c(NC3=NC4CS(=O)(=O)CC4S3)c2)cc1. The first-order chi connectivity index (χ1) is 14.3. The summed E-state index contributed by atoms with van der Waals surface area (Å²) in [6.45, 7) is 4.45. The van der Waals surface area contributed by atoms with E-state index in [2.05, 4.69) is 15.6 Å². The van der Waals surface area contributed by atoms with Crippen LogP contribution in [-0.2, 0) is 9.84 Å². The lowest BCUT2D eigenvalue weighted by atomic mass is 10.1. The molecule has 158 valence electrons. The number of ether oxygens (including phenoxy) is 1. The summed E-state index contributed by atoms with van der Waals surface area (Å²) < 4.78 is 28.9. The molecule has 0 saturated carbocycles. The van der Waals surface area contributed by atoms with E-state index in [-0.39, 0.29) is 28.7 Å². The normalized spacial score (nSPS) is 21.6. The summed E-state index contributed by atoms with van der Waals surface area (Å²) >= 11 is 1.46. The fourth-order valence-corrected chi connectivity index (χ4v) is 7.10. The molecule has 2 heterocycles. The van der Waals surface area contributed by atoms with Crippen molar-refractivity contribution < 1.29 is 17.9 Å². The van der Waals surface area contributed by atoms with Gasteiger partial charge in [0.15, 0.2) is 15.0 Å². The average Bonchev–Trinajstić information content (AvgIpc) is 3.17. The molecule has 0 radical (unpaired) electrons. The van der Waals surface area contributed by atoms with Crippen LogP contribution in [0.25, 0.3) is 0 Å². The minimum absolute atomic E-state index is 0.0241. The Hall–Kier alpha value is -2.52. The Morgan fingerprint density at radius 2 is 1.97 bits per heavy atom. The van der Waals surface area contributed by atoms with Gasteiger partial charge >= 0.3 is 0 Å². The number of benzene rings is 2. The van der Waals surface area contributed by atoms with Crippen LogP contribution < -0.4 is 15.4 Å². The van der Waals surface area contributed by atoms with Gasteiger partial charge in [0.1, 0.15) is 5.75 Å². The van der Waals surface area contributed by atoms with Gasteiger partial charge in [-0.3, -0.25) is 9.79 Å². The van der Waals surface area contributed by atoms with Gasteiger partial charge in [0, 0.05) is 22.2 Å². The van der Waals surface area contributed by atoms with E-state index in [0.717, 1.165) is 17.0 Å². The minimum atomic E-state index is -2.98. The molecule has 0 aliphatic carbocycles. The molecule has 4 rings (SSSR count). The zero-order valence-electron chi connectivity index (χ0n) is 16.7. The standard InChI is InChI=1S/C21H23N3O4S2/c1-3-28-16-8-6-15(7-9-16)22-20(25)14-5-4-13(2)17(10-14)23-21-24-18-11-30(26,27)12-19(18)29-21/h4-10,18-19H,3,11-12H2,1-2H3,(H,22,25)(H,23,24). The quantitative estimate of drug-likeness (QED) is 0.733. The van der Waals surface area contributed by atoms with Crippen LogP contribution in [0.15, 0.2) is 47.5 Å². The number of hydrogen-bond donors (Lipinski definition) is 2. The molecule has 7 nitrogen and oxygen atoms in total. The van der Waals surface area contributed by atoms with Crippen molar-refractivity contribution in [3.63, 3.8) is 0 Å². The van der Waals surface area contributed by atoms with Crippen LogP contribution in [0.2, 0.25) is 0 Å². The lowest BCUT2D eigenvalue weighted by molar-refractivity contribution is 0.102. The second-order valence-electron chi connectivity index (χ2n) is 7.30. The van der Waals surface area contributed by atoms with Crippen molar-refractivity contribution >= 4 is 44.0 Å². The Morgan fingerprint density at radius 1 is 1.20 bits per heavy atom. The van der Waals surface area contributed by atoms with E-state index in [1.807, 2.05) is 32.0 Å². The Kier molecular flexibility index (Phi) is 5.75. The highest BCUT2D eigenvalue weighted by molar-refractivity contribution is 8.15. The Bertz CT molecular complexity index is 1100. The molecule has 0 bridgehead atoms. The average molecular weight is 446 g/mol. The van der Waals surface area contributed by atoms with Gasteiger partial charge in [0.05, 0.1) is 24.2 Å². The number of carbonyl (C=O) groups excluding carboxylic acids is 1. The van der Waals surface area contributed by atoms with Gasteiger partial charge < -0.3 is 15.4 Å².